The Morgan fingerprint density at radius 2 is 2.11 bits per heavy atom. The van der Waals surface area contributed by atoms with Crippen molar-refractivity contribution in [1.29, 1.82) is 0 Å². The molecule has 0 unspecified atom stereocenters. The lowest BCUT2D eigenvalue weighted by Crippen LogP contribution is -2.01. The molecule has 2 aromatic rings. The second kappa shape index (κ2) is 5.44. The van der Waals surface area contributed by atoms with Gasteiger partial charge in [0.2, 0.25) is 0 Å². The minimum absolute atomic E-state index is 0.0151. The zero-order valence-corrected chi connectivity index (χ0v) is 11.9. The molecule has 2 rings (SSSR count). The molecular weight excluding hydrogens is 262 g/mol. The maximum absolute atomic E-state index is 10.6. The SMILES string of the molecule is Cc1cccc(-c2nnc(SCC(=O)O)n2C)c1C. The monoisotopic (exact) mass is 277 g/mol. The number of carboxylic acid groups (broad SMARTS) is 1. The molecule has 0 aliphatic carbocycles. The highest BCUT2D eigenvalue weighted by Gasteiger charge is 2.14. The Labute approximate surface area is 115 Å². The third kappa shape index (κ3) is 2.78. The van der Waals surface area contributed by atoms with Crippen LogP contribution in [0.4, 0.5) is 0 Å². The molecule has 0 amide bonds. The van der Waals surface area contributed by atoms with Gasteiger partial charge in [0.1, 0.15) is 0 Å². The van der Waals surface area contributed by atoms with Crippen LogP contribution in [-0.4, -0.2) is 31.6 Å². The van der Waals surface area contributed by atoms with Crippen molar-refractivity contribution in [1.82, 2.24) is 14.8 Å². The largest absolute Gasteiger partial charge is 0.481 e. The second-order valence-corrected chi connectivity index (χ2v) is 5.24. The summed E-state index contributed by atoms with van der Waals surface area (Å²) in [4.78, 5) is 10.6. The summed E-state index contributed by atoms with van der Waals surface area (Å²) < 4.78 is 1.83. The molecule has 1 heterocycles. The van der Waals surface area contributed by atoms with Crippen molar-refractivity contribution in [2.75, 3.05) is 5.75 Å². The van der Waals surface area contributed by atoms with Crippen LogP contribution in [0.15, 0.2) is 23.4 Å². The van der Waals surface area contributed by atoms with E-state index in [1.807, 2.05) is 30.7 Å². The van der Waals surface area contributed by atoms with Crippen molar-refractivity contribution in [3.05, 3.63) is 29.3 Å². The Bertz CT molecular complexity index is 622. The van der Waals surface area contributed by atoms with Gasteiger partial charge in [-0.3, -0.25) is 4.79 Å². The van der Waals surface area contributed by atoms with E-state index in [1.54, 1.807) is 0 Å². The van der Waals surface area contributed by atoms with Crippen LogP contribution in [0.1, 0.15) is 11.1 Å². The Hall–Kier alpha value is -1.82. The highest BCUT2D eigenvalue weighted by Crippen LogP contribution is 2.26. The first-order valence-electron chi connectivity index (χ1n) is 5.81. The van der Waals surface area contributed by atoms with Gasteiger partial charge in [-0.1, -0.05) is 30.0 Å². The summed E-state index contributed by atoms with van der Waals surface area (Å²) in [5, 5.41) is 17.5. The fourth-order valence-corrected chi connectivity index (χ4v) is 2.43. The third-order valence-electron chi connectivity index (χ3n) is 3.01. The Balaban J connectivity index is 2.36. The minimum atomic E-state index is -0.860. The fourth-order valence-electron chi connectivity index (χ4n) is 1.79. The van der Waals surface area contributed by atoms with Gasteiger partial charge in [0.05, 0.1) is 5.75 Å². The minimum Gasteiger partial charge on any atom is -0.481 e. The highest BCUT2D eigenvalue weighted by atomic mass is 32.2. The summed E-state index contributed by atoms with van der Waals surface area (Å²) in [6, 6.07) is 6.03. The van der Waals surface area contributed by atoms with Crippen molar-refractivity contribution in [2.45, 2.75) is 19.0 Å². The molecular formula is C13H15N3O2S. The Morgan fingerprint density at radius 1 is 1.37 bits per heavy atom. The molecule has 1 N–H and O–H groups in total. The van der Waals surface area contributed by atoms with E-state index < -0.39 is 5.97 Å². The average Bonchev–Trinajstić information content (AvgIpc) is 2.72. The number of carbonyl (C=O) groups is 1. The lowest BCUT2D eigenvalue weighted by Gasteiger charge is -2.08. The van der Waals surface area contributed by atoms with E-state index in [2.05, 4.69) is 23.2 Å². The summed E-state index contributed by atoms with van der Waals surface area (Å²) >= 11 is 1.17. The lowest BCUT2D eigenvalue weighted by atomic mass is 10.0. The molecule has 1 aromatic heterocycles. The van der Waals surface area contributed by atoms with E-state index in [0.717, 1.165) is 17.0 Å². The van der Waals surface area contributed by atoms with Gasteiger partial charge < -0.3 is 9.67 Å². The van der Waals surface area contributed by atoms with Crippen LogP contribution in [0, 0.1) is 13.8 Å². The van der Waals surface area contributed by atoms with E-state index in [1.165, 1.54) is 17.3 Å². The molecule has 0 bridgehead atoms. The van der Waals surface area contributed by atoms with Crippen molar-refractivity contribution in [3.63, 3.8) is 0 Å². The number of thioether (sulfide) groups is 1. The summed E-state index contributed by atoms with van der Waals surface area (Å²) in [7, 11) is 1.85. The molecule has 0 aliphatic rings. The van der Waals surface area contributed by atoms with E-state index in [9.17, 15) is 4.79 Å². The van der Waals surface area contributed by atoms with Crippen LogP contribution in [-0.2, 0) is 11.8 Å². The maximum atomic E-state index is 10.6. The van der Waals surface area contributed by atoms with Gasteiger partial charge in [-0.05, 0) is 25.0 Å². The summed E-state index contributed by atoms with van der Waals surface area (Å²) in [5.41, 5.74) is 3.38. The zero-order valence-electron chi connectivity index (χ0n) is 11.0. The van der Waals surface area contributed by atoms with E-state index in [4.69, 9.17) is 5.11 Å². The van der Waals surface area contributed by atoms with Crippen LogP contribution in [0.3, 0.4) is 0 Å². The number of hydrogen-bond acceptors (Lipinski definition) is 4. The zero-order chi connectivity index (χ0) is 14.0. The molecule has 0 radical (unpaired) electrons. The first-order chi connectivity index (χ1) is 9.00. The third-order valence-corrected chi connectivity index (χ3v) is 4.01. The number of rotatable bonds is 4. The maximum Gasteiger partial charge on any atom is 0.313 e. The van der Waals surface area contributed by atoms with E-state index in [0.29, 0.717) is 5.16 Å². The van der Waals surface area contributed by atoms with Crippen molar-refractivity contribution in [2.24, 2.45) is 7.05 Å². The van der Waals surface area contributed by atoms with Crippen molar-refractivity contribution < 1.29 is 9.90 Å². The second-order valence-electron chi connectivity index (χ2n) is 4.30. The molecule has 0 aliphatic heterocycles. The lowest BCUT2D eigenvalue weighted by molar-refractivity contribution is -0.133. The molecule has 0 saturated carbocycles. The first-order valence-corrected chi connectivity index (χ1v) is 6.80. The van der Waals surface area contributed by atoms with Gasteiger partial charge >= 0.3 is 5.97 Å². The number of carboxylic acids is 1. The summed E-state index contributed by atoms with van der Waals surface area (Å²) in [6.07, 6.45) is 0. The molecule has 6 heteroatoms. The number of nitrogens with zero attached hydrogens (tertiary/aromatic N) is 3. The van der Waals surface area contributed by atoms with Crippen LogP contribution in [0.5, 0.6) is 0 Å². The van der Waals surface area contributed by atoms with Crippen LogP contribution >= 0.6 is 11.8 Å². The Morgan fingerprint density at radius 3 is 2.79 bits per heavy atom. The molecule has 1 aromatic carbocycles. The van der Waals surface area contributed by atoms with E-state index in [-0.39, 0.29) is 5.75 Å². The molecule has 0 fully saturated rings. The normalized spacial score (nSPS) is 10.7. The predicted octanol–water partition coefficient (Wildman–Crippen LogP) is 2.28. The van der Waals surface area contributed by atoms with Gasteiger partial charge in [0, 0.05) is 12.6 Å². The highest BCUT2D eigenvalue weighted by molar-refractivity contribution is 7.99. The molecule has 0 atom stereocenters. The van der Waals surface area contributed by atoms with E-state index >= 15 is 0 Å². The van der Waals surface area contributed by atoms with Gasteiger partial charge in [-0.2, -0.15) is 0 Å². The van der Waals surface area contributed by atoms with Crippen LogP contribution in [0.2, 0.25) is 0 Å². The van der Waals surface area contributed by atoms with Gasteiger partial charge in [0.15, 0.2) is 11.0 Å². The van der Waals surface area contributed by atoms with Gasteiger partial charge in [-0.15, -0.1) is 10.2 Å². The number of aryl methyl sites for hydroxylation is 1. The summed E-state index contributed by atoms with van der Waals surface area (Å²) in [5.74, 6) is -0.117. The first kappa shape index (κ1) is 13.6. The van der Waals surface area contributed by atoms with Gasteiger partial charge in [0.25, 0.3) is 0 Å². The average molecular weight is 277 g/mol. The number of benzene rings is 1. The molecule has 5 nitrogen and oxygen atoms in total. The number of aromatic nitrogens is 3. The molecule has 19 heavy (non-hydrogen) atoms. The van der Waals surface area contributed by atoms with Crippen LogP contribution < -0.4 is 0 Å². The standard InChI is InChI=1S/C13H15N3O2S/c1-8-5-4-6-10(9(8)2)12-14-15-13(16(12)3)19-7-11(17)18/h4-6H,7H2,1-3H3,(H,17,18). The Kier molecular flexibility index (Phi) is 3.90. The molecule has 0 saturated heterocycles. The predicted molar refractivity (Wildman–Crippen MR) is 74.3 cm³/mol. The quantitative estimate of drug-likeness (QED) is 0.868. The fraction of sp³-hybridized carbons (Fsp3) is 0.308. The van der Waals surface area contributed by atoms with Crippen LogP contribution in [0.25, 0.3) is 11.4 Å². The van der Waals surface area contributed by atoms with Gasteiger partial charge in [-0.25, -0.2) is 0 Å². The van der Waals surface area contributed by atoms with Crippen molar-refractivity contribution >= 4 is 17.7 Å². The molecule has 100 valence electrons. The summed E-state index contributed by atoms with van der Waals surface area (Å²) in [6.45, 7) is 4.10. The smallest absolute Gasteiger partial charge is 0.313 e. The number of hydrogen-bond donors (Lipinski definition) is 1. The number of aliphatic carboxylic acids is 1. The van der Waals surface area contributed by atoms with Crippen molar-refractivity contribution in [3.8, 4) is 11.4 Å². The topological polar surface area (TPSA) is 68.0 Å². The molecule has 0 spiro atoms.